The third kappa shape index (κ3) is 3.31. The first-order valence-electron chi connectivity index (χ1n) is 5.99. The average Bonchev–Trinajstić information content (AvgIpc) is 2.80. The summed E-state index contributed by atoms with van der Waals surface area (Å²) in [6.45, 7) is 2.63. The van der Waals surface area contributed by atoms with Gasteiger partial charge >= 0.3 is 0 Å². The van der Waals surface area contributed by atoms with Gasteiger partial charge in [0, 0.05) is 14.9 Å². The van der Waals surface area contributed by atoms with Gasteiger partial charge in [0.05, 0.1) is 17.7 Å². The number of hydrogen-bond acceptors (Lipinski definition) is 3. The van der Waals surface area contributed by atoms with E-state index in [0.29, 0.717) is 6.61 Å². The van der Waals surface area contributed by atoms with Crippen LogP contribution >= 0.6 is 38.9 Å². The molecule has 0 spiro atoms. The van der Waals surface area contributed by atoms with Crippen LogP contribution in [0.2, 0.25) is 5.02 Å². The van der Waals surface area contributed by atoms with Gasteiger partial charge in [-0.25, -0.2) is 0 Å². The minimum absolute atomic E-state index is 0.0338. The Hall–Kier alpha value is -0.550. The highest BCUT2D eigenvalue weighted by Crippen LogP contribution is 2.37. The van der Waals surface area contributed by atoms with Gasteiger partial charge in [-0.2, -0.15) is 0 Å². The fourth-order valence-corrected chi connectivity index (χ4v) is 3.64. The van der Waals surface area contributed by atoms with E-state index in [1.165, 1.54) is 0 Å². The second kappa shape index (κ2) is 6.75. The molecule has 19 heavy (non-hydrogen) atoms. The predicted octanol–water partition coefficient (Wildman–Crippen LogP) is 4.87. The molecule has 5 heteroatoms. The molecule has 2 rings (SSSR count). The standard InChI is InChI=1S/C14H15BrClNOS/c1-3-18-12-5-4-9(15)8-10(12)13(17-2)14-11(16)6-7-19-14/h4-8,13,17H,3H2,1-2H3. The van der Waals surface area contributed by atoms with E-state index in [1.54, 1.807) is 11.3 Å². The number of benzene rings is 1. The zero-order valence-corrected chi connectivity index (χ0v) is 13.9. The molecule has 1 heterocycles. The molecule has 2 nitrogen and oxygen atoms in total. The topological polar surface area (TPSA) is 21.3 Å². The van der Waals surface area contributed by atoms with E-state index in [4.69, 9.17) is 16.3 Å². The van der Waals surface area contributed by atoms with E-state index >= 15 is 0 Å². The summed E-state index contributed by atoms with van der Waals surface area (Å²) in [6, 6.07) is 7.99. The summed E-state index contributed by atoms with van der Waals surface area (Å²) in [5, 5.41) is 6.10. The first-order chi connectivity index (χ1) is 9.17. The second-order valence-electron chi connectivity index (χ2n) is 3.97. The van der Waals surface area contributed by atoms with Gasteiger partial charge in [0.2, 0.25) is 0 Å². The Kier molecular flexibility index (Phi) is 5.28. The summed E-state index contributed by atoms with van der Waals surface area (Å²) in [7, 11) is 1.93. The van der Waals surface area contributed by atoms with Gasteiger partial charge in [-0.1, -0.05) is 27.5 Å². The first-order valence-corrected chi connectivity index (χ1v) is 8.04. The highest BCUT2D eigenvalue weighted by Gasteiger charge is 2.20. The predicted molar refractivity (Wildman–Crippen MR) is 85.5 cm³/mol. The number of nitrogens with one attached hydrogen (secondary N) is 1. The number of halogens is 2. The van der Waals surface area contributed by atoms with Crippen molar-refractivity contribution in [2.24, 2.45) is 0 Å². The van der Waals surface area contributed by atoms with Gasteiger partial charge in [0.15, 0.2) is 0 Å². The maximum atomic E-state index is 6.25. The van der Waals surface area contributed by atoms with Crippen LogP contribution in [0.25, 0.3) is 0 Å². The molecule has 0 saturated carbocycles. The monoisotopic (exact) mass is 359 g/mol. The van der Waals surface area contributed by atoms with Crippen LogP contribution in [-0.4, -0.2) is 13.7 Å². The zero-order chi connectivity index (χ0) is 13.8. The van der Waals surface area contributed by atoms with Crippen LogP contribution in [0.1, 0.15) is 23.4 Å². The Morgan fingerprint density at radius 2 is 2.21 bits per heavy atom. The lowest BCUT2D eigenvalue weighted by atomic mass is 10.0. The summed E-state index contributed by atoms with van der Waals surface area (Å²) in [4.78, 5) is 1.10. The van der Waals surface area contributed by atoms with Gasteiger partial charge < -0.3 is 10.1 Å². The fourth-order valence-electron chi connectivity index (χ4n) is 1.97. The molecule has 0 aliphatic rings. The van der Waals surface area contributed by atoms with Crippen molar-refractivity contribution in [1.82, 2.24) is 5.32 Å². The van der Waals surface area contributed by atoms with E-state index in [-0.39, 0.29) is 6.04 Å². The fraction of sp³-hybridized carbons (Fsp3) is 0.286. The normalized spacial score (nSPS) is 12.4. The third-order valence-electron chi connectivity index (χ3n) is 2.78. The van der Waals surface area contributed by atoms with Crippen molar-refractivity contribution >= 4 is 38.9 Å². The molecule has 1 N–H and O–H groups in total. The largest absolute Gasteiger partial charge is 0.494 e. The minimum atomic E-state index is 0.0338. The molecular weight excluding hydrogens is 346 g/mol. The summed E-state index contributed by atoms with van der Waals surface area (Å²) >= 11 is 11.4. The van der Waals surface area contributed by atoms with Gasteiger partial charge in [0.25, 0.3) is 0 Å². The summed E-state index contributed by atoms with van der Waals surface area (Å²) in [6.07, 6.45) is 0. The Morgan fingerprint density at radius 3 is 2.79 bits per heavy atom. The van der Waals surface area contributed by atoms with Crippen LogP contribution in [0.3, 0.4) is 0 Å². The quantitative estimate of drug-likeness (QED) is 0.821. The van der Waals surface area contributed by atoms with E-state index in [0.717, 1.165) is 25.7 Å². The van der Waals surface area contributed by atoms with Gasteiger partial charge in [-0.05, 0) is 43.6 Å². The number of thiophene rings is 1. The number of rotatable bonds is 5. The SMILES string of the molecule is CCOc1ccc(Br)cc1C(NC)c1sccc1Cl. The van der Waals surface area contributed by atoms with Crippen LogP contribution in [-0.2, 0) is 0 Å². The van der Waals surface area contributed by atoms with Crippen molar-refractivity contribution in [2.45, 2.75) is 13.0 Å². The molecule has 0 aliphatic carbocycles. The first kappa shape index (κ1) is 14.9. The average molecular weight is 361 g/mol. The molecular formula is C14H15BrClNOS. The van der Waals surface area contributed by atoms with E-state index in [2.05, 4.69) is 27.3 Å². The molecule has 1 unspecified atom stereocenters. The van der Waals surface area contributed by atoms with Crippen molar-refractivity contribution in [1.29, 1.82) is 0 Å². The molecule has 0 aliphatic heterocycles. The molecule has 1 aromatic heterocycles. The maximum Gasteiger partial charge on any atom is 0.124 e. The minimum Gasteiger partial charge on any atom is -0.494 e. The van der Waals surface area contributed by atoms with Crippen molar-refractivity contribution in [3.63, 3.8) is 0 Å². The third-order valence-corrected chi connectivity index (χ3v) is 4.69. The van der Waals surface area contributed by atoms with Crippen LogP contribution in [0.15, 0.2) is 34.1 Å². The molecule has 0 saturated heterocycles. The number of hydrogen-bond donors (Lipinski definition) is 1. The molecule has 102 valence electrons. The van der Waals surface area contributed by atoms with E-state index in [9.17, 15) is 0 Å². The van der Waals surface area contributed by atoms with Crippen molar-refractivity contribution in [3.8, 4) is 5.75 Å². The summed E-state index contributed by atoms with van der Waals surface area (Å²) in [5.74, 6) is 0.884. The lowest BCUT2D eigenvalue weighted by Crippen LogP contribution is -2.18. The highest BCUT2D eigenvalue weighted by atomic mass is 79.9. The van der Waals surface area contributed by atoms with Crippen LogP contribution in [0.5, 0.6) is 5.75 Å². The molecule has 0 amide bonds. The van der Waals surface area contributed by atoms with Gasteiger partial charge in [-0.3, -0.25) is 0 Å². The van der Waals surface area contributed by atoms with E-state index in [1.807, 2.05) is 37.6 Å². The number of ether oxygens (including phenoxy) is 1. The smallest absolute Gasteiger partial charge is 0.124 e. The van der Waals surface area contributed by atoms with Crippen LogP contribution < -0.4 is 10.1 Å². The molecule has 2 aromatic rings. The lowest BCUT2D eigenvalue weighted by molar-refractivity contribution is 0.334. The van der Waals surface area contributed by atoms with E-state index < -0.39 is 0 Å². The van der Waals surface area contributed by atoms with Crippen molar-refractivity contribution in [3.05, 3.63) is 49.6 Å². The summed E-state index contributed by atoms with van der Waals surface area (Å²) < 4.78 is 6.74. The molecule has 1 aromatic carbocycles. The van der Waals surface area contributed by atoms with Crippen molar-refractivity contribution in [2.75, 3.05) is 13.7 Å². The maximum absolute atomic E-state index is 6.25. The van der Waals surface area contributed by atoms with Crippen molar-refractivity contribution < 1.29 is 4.74 Å². The molecule has 0 radical (unpaired) electrons. The Labute approximate surface area is 130 Å². The molecule has 1 atom stereocenters. The lowest BCUT2D eigenvalue weighted by Gasteiger charge is -2.20. The Morgan fingerprint density at radius 1 is 1.42 bits per heavy atom. The second-order valence-corrected chi connectivity index (χ2v) is 6.24. The molecule has 0 fully saturated rings. The highest BCUT2D eigenvalue weighted by molar-refractivity contribution is 9.10. The van der Waals surface area contributed by atoms with Gasteiger partial charge in [0.1, 0.15) is 5.75 Å². The Balaban J connectivity index is 2.48. The molecule has 0 bridgehead atoms. The zero-order valence-electron chi connectivity index (χ0n) is 10.7. The van der Waals surface area contributed by atoms with Gasteiger partial charge in [-0.15, -0.1) is 11.3 Å². The summed E-state index contributed by atoms with van der Waals surface area (Å²) in [5.41, 5.74) is 1.09. The Bertz CT molecular complexity index is 558. The van der Waals surface area contributed by atoms with Crippen LogP contribution in [0.4, 0.5) is 0 Å². The van der Waals surface area contributed by atoms with Crippen LogP contribution in [0, 0.1) is 0 Å².